The van der Waals surface area contributed by atoms with Crippen molar-refractivity contribution in [2.45, 2.75) is 106 Å². The van der Waals surface area contributed by atoms with Gasteiger partial charge in [0.25, 0.3) is 0 Å². The number of para-hydroxylation sites is 1. The van der Waals surface area contributed by atoms with Crippen LogP contribution in [0.2, 0.25) is 0 Å². The highest BCUT2D eigenvalue weighted by atomic mass is 16.5. The van der Waals surface area contributed by atoms with Gasteiger partial charge in [-0.2, -0.15) is 0 Å². The van der Waals surface area contributed by atoms with Crippen LogP contribution in [0.3, 0.4) is 0 Å². The van der Waals surface area contributed by atoms with Gasteiger partial charge < -0.3 is 39.0 Å². The van der Waals surface area contributed by atoms with Crippen LogP contribution in [0.5, 0.6) is 23.0 Å². The minimum Gasteiger partial charge on any atom is -0.497 e. The number of carbonyl (C=O) groups excluding carboxylic acids is 2. The number of aromatic carboxylic acids is 1. The van der Waals surface area contributed by atoms with E-state index < -0.39 is 29.1 Å². The van der Waals surface area contributed by atoms with E-state index in [1.54, 1.807) is 37.5 Å². The standard InChI is InChI=1S/C18H21NO4.C18H25NO.C9H8O4/c1-19-8-7-17-14-10-3-4-12(22-2)15(14)23-16(17)11(20)5-6-18(17,21)13(19)9-10;1-19-10-9-18-8-4-3-5-15(18)17(19)11-13-6-7-14(20-2)12-16(13)18;1-6(10)13-8-5-3-2-4-7(8)9(11)12/h3-4,13,16,21H,5-9H2,1-2H3;6-7,12,15,17H,3-5,8-11H2,1-2H3;2-5H,1H3,(H,11,12)/t13-,16+,17+,18-;15-,17+,18+;/m11./s1. The van der Waals surface area contributed by atoms with E-state index in [9.17, 15) is 19.5 Å². The Morgan fingerprint density at radius 1 is 0.875 bits per heavy atom. The molecule has 7 aliphatic rings. The van der Waals surface area contributed by atoms with Gasteiger partial charge >= 0.3 is 11.9 Å². The number of hydrogen-bond acceptors (Lipinski definition) is 10. The molecule has 3 aliphatic heterocycles. The van der Waals surface area contributed by atoms with Gasteiger partial charge in [-0.15, -0.1) is 0 Å². The van der Waals surface area contributed by atoms with Crippen LogP contribution in [-0.4, -0.2) is 103 Å². The van der Waals surface area contributed by atoms with Gasteiger partial charge in [0.1, 0.15) is 17.1 Å². The van der Waals surface area contributed by atoms with Crippen LogP contribution in [0.25, 0.3) is 0 Å². The molecular formula is C45H54N2O9. The summed E-state index contributed by atoms with van der Waals surface area (Å²) in [5.41, 5.74) is 4.39. The molecule has 0 unspecified atom stereocenters. The quantitative estimate of drug-likeness (QED) is 0.249. The molecule has 11 nitrogen and oxygen atoms in total. The number of methoxy groups -OCH3 is 2. The summed E-state index contributed by atoms with van der Waals surface area (Å²) in [6, 6.07) is 17.6. The van der Waals surface area contributed by atoms with Crippen LogP contribution in [0.4, 0.5) is 0 Å². The fourth-order valence-corrected chi connectivity index (χ4v) is 11.9. The van der Waals surface area contributed by atoms with Crippen molar-refractivity contribution >= 4 is 17.7 Å². The summed E-state index contributed by atoms with van der Waals surface area (Å²) in [5.74, 6) is 1.80. The van der Waals surface area contributed by atoms with Gasteiger partial charge in [-0.3, -0.25) is 9.59 Å². The Bertz CT molecular complexity index is 2050. The van der Waals surface area contributed by atoms with Crippen LogP contribution >= 0.6 is 0 Å². The summed E-state index contributed by atoms with van der Waals surface area (Å²) in [6.07, 6.45) is 10.1. The number of likely N-dealkylation sites (tertiary alicyclic amines) is 2. The molecule has 4 fully saturated rings. The molecular weight excluding hydrogens is 713 g/mol. The van der Waals surface area contributed by atoms with Gasteiger partial charge in [0.2, 0.25) is 0 Å². The lowest BCUT2D eigenvalue weighted by atomic mass is 9.49. The van der Waals surface area contributed by atoms with E-state index >= 15 is 0 Å². The normalized spacial score (nSPS) is 31.7. The number of hydrogen-bond donors (Lipinski definition) is 2. The fourth-order valence-electron chi connectivity index (χ4n) is 11.9. The number of nitrogens with zero attached hydrogens (tertiary/aromatic N) is 2. The summed E-state index contributed by atoms with van der Waals surface area (Å²) in [4.78, 5) is 38.7. The van der Waals surface area contributed by atoms with Gasteiger partial charge in [0.05, 0.1) is 25.2 Å². The first kappa shape index (κ1) is 38.4. The van der Waals surface area contributed by atoms with Crippen LogP contribution in [-0.2, 0) is 33.3 Å². The molecule has 3 aromatic rings. The zero-order valence-electron chi connectivity index (χ0n) is 33.1. The first-order chi connectivity index (χ1) is 26.9. The smallest absolute Gasteiger partial charge is 0.339 e. The average Bonchev–Trinajstić information content (AvgIpc) is 3.56. The summed E-state index contributed by atoms with van der Waals surface area (Å²) in [6.45, 7) is 3.35. The molecule has 1 spiro atoms. The van der Waals surface area contributed by atoms with Crippen LogP contribution in [0, 0.1) is 5.92 Å². The lowest BCUT2D eigenvalue weighted by molar-refractivity contribution is -0.185. The predicted octanol–water partition coefficient (Wildman–Crippen LogP) is 5.74. The molecule has 11 heteroatoms. The molecule has 0 aromatic heterocycles. The monoisotopic (exact) mass is 766 g/mol. The number of rotatable bonds is 4. The summed E-state index contributed by atoms with van der Waals surface area (Å²) in [7, 11) is 7.82. The second kappa shape index (κ2) is 14.5. The lowest BCUT2D eigenvalue weighted by Gasteiger charge is -2.62. The average molecular weight is 767 g/mol. The molecule has 2 saturated heterocycles. The number of ketones is 1. The maximum Gasteiger partial charge on any atom is 0.339 e. The number of carbonyl (C=O) groups is 3. The van der Waals surface area contributed by atoms with Crippen molar-refractivity contribution < 1.29 is 43.5 Å². The SMILES string of the molecule is CC(=O)Oc1ccccc1C(=O)O.COc1ccc2c(c1)[C@]13CCCC[C@@H]1[C@H](C2)N(C)CC3.COc1ccc2c3c1O[C@H]1C(=O)CC[C@@]4(O)[C@@H](C2)N(C)CC[C@]314. The Kier molecular flexibility index (Phi) is 9.94. The van der Waals surface area contributed by atoms with Crippen LogP contribution in [0.15, 0.2) is 54.6 Å². The zero-order chi connectivity index (χ0) is 39.6. The summed E-state index contributed by atoms with van der Waals surface area (Å²) < 4.78 is 21.8. The largest absolute Gasteiger partial charge is 0.497 e. The van der Waals surface area contributed by atoms with Gasteiger partial charge in [0, 0.05) is 36.4 Å². The van der Waals surface area contributed by atoms with Crippen molar-refractivity contribution in [3.63, 3.8) is 0 Å². The van der Waals surface area contributed by atoms with E-state index in [0.717, 1.165) is 42.7 Å². The van der Waals surface area contributed by atoms with Crippen molar-refractivity contribution in [3.8, 4) is 23.0 Å². The van der Waals surface area contributed by atoms with Gasteiger partial charge in [0.15, 0.2) is 23.4 Å². The fraction of sp³-hybridized carbons (Fsp3) is 0.533. The van der Waals surface area contributed by atoms with Gasteiger partial charge in [-0.25, -0.2) is 4.79 Å². The van der Waals surface area contributed by atoms with Gasteiger partial charge in [-0.05, 0) is 125 Å². The van der Waals surface area contributed by atoms with Crippen molar-refractivity contribution in [3.05, 3.63) is 82.4 Å². The van der Waals surface area contributed by atoms with Crippen LogP contribution < -0.4 is 18.9 Å². The highest BCUT2D eigenvalue weighted by Gasteiger charge is 2.72. The Labute approximate surface area is 328 Å². The third-order valence-corrected chi connectivity index (χ3v) is 14.4. The molecule has 2 N–H and O–H groups in total. The van der Waals surface area contributed by atoms with Gasteiger partial charge in [-0.1, -0.05) is 37.1 Å². The van der Waals surface area contributed by atoms with E-state index in [2.05, 4.69) is 52.9 Å². The highest BCUT2D eigenvalue weighted by Crippen LogP contribution is 2.64. The number of fused-ring (bicyclic) bond motifs is 1. The minimum absolute atomic E-state index is 0.0160. The van der Waals surface area contributed by atoms with Crippen molar-refractivity contribution in [1.82, 2.24) is 9.80 Å². The number of Topliss-reactive ketones (excluding diaryl/α,β-unsaturated/α-hetero) is 1. The van der Waals surface area contributed by atoms with E-state index in [1.807, 2.05) is 6.07 Å². The number of esters is 1. The second-order valence-electron chi connectivity index (χ2n) is 16.9. The first-order valence-corrected chi connectivity index (χ1v) is 20.1. The van der Waals surface area contributed by atoms with E-state index in [0.29, 0.717) is 29.8 Å². The van der Waals surface area contributed by atoms with Crippen molar-refractivity contribution in [2.75, 3.05) is 41.4 Å². The highest BCUT2D eigenvalue weighted by molar-refractivity contribution is 5.92. The zero-order valence-corrected chi connectivity index (χ0v) is 33.1. The molecule has 7 atom stereocenters. The number of piperidine rings is 2. The molecule has 56 heavy (non-hydrogen) atoms. The molecule has 0 radical (unpaired) electrons. The lowest BCUT2D eigenvalue weighted by Crippen LogP contribution is -2.76. The Morgan fingerprint density at radius 2 is 1.64 bits per heavy atom. The number of aliphatic hydroxyl groups is 1. The minimum atomic E-state index is -1.11. The first-order valence-electron chi connectivity index (χ1n) is 20.1. The predicted molar refractivity (Wildman–Crippen MR) is 209 cm³/mol. The third-order valence-electron chi connectivity index (χ3n) is 14.4. The van der Waals surface area contributed by atoms with E-state index in [4.69, 9.17) is 19.3 Å². The number of carboxylic acid groups (broad SMARTS) is 1. The molecule has 0 amide bonds. The summed E-state index contributed by atoms with van der Waals surface area (Å²) >= 11 is 0. The molecule has 3 heterocycles. The Balaban J connectivity index is 0.000000123. The van der Waals surface area contributed by atoms with Crippen LogP contribution in [0.1, 0.15) is 90.9 Å². The molecule has 298 valence electrons. The molecule has 2 saturated carbocycles. The molecule has 10 rings (SSSR count). The number of likely N-dealkylation sites (N-methyl/N-ethyl adjacent to an activating group) is 2. The third kappa shape index (κ3) is 5.83. The molecule has 4 bridgehead atoms. The maximum absolute atomic E-state index is 12.7. The summed E-state index contributed by atoms with van der Waals surface area (Å²) in [5, 5.41) is 20.4. The van der Waals surface area contributed by atoms with Crippen molar-refractivity contribution in [2.24, 2.45) is 5.92 Å². The number of ether oxygens (including phenoxy) is 4. The Hall–Kier alpha value is -4.45. The molecule has 4 aliphatic carbocycles. The molecule has 3 aromatic carbocycles. The second-order valence-corrected chi connectivity index (χ2v) is 16.9. The number of carboxylic acids is 1. The van der Waals surface area contributed by atoms with E-state index in [1.165, 1.54) is 69.7 Å². The topological polar surface area (TPSA) is 135 Å². The van der Waals surface area contributed by atoms with Crippen molar-refractivity contribution in [1.29, 1.82) is 0 Å². The number of benzene rings is 3. The maximum atomic E-state index is 12.7. The van der Waals surface area contributed by atoms with E-state index in [-0.39, 0.29) is 23.1 Å². The Morgan fingerprint density at radius 3 is 2.39 bits per heavy atom.